The van der Waals surface area contributed by atoms with Crippen LogP contribution in [0, 0.1) is 0 Å². The zero-order chi connectivity index (χ0) is 43.9. The second-order valence-corrected chi connectivity index (χ2v) is 17.1. The van der Waals surface area contributed by atoms with Crippen molar-refractivity contribution < 1.29 is 0 Å². The molecule has 310 valence electrons. The SMILES string of the molecule is c1ccc(-c2nc(-c3ccccc3)nc(-c3cc(-c4ccc5c(c4)-c4ccccc4C(c4ccccc4)(c4ccccc4)C5(c4ccccc4)c4ccccc4)cc4ccccc34)n2)cc1. The summed E-state index contributed by atoms with van der Waals surface area (Å²) >= 11 is 0. The van der Waals surface area contributed by atoms with Gasteiger partial charge in [0.25, 0.3) is 0 Å². The molecule has 0 unspecified atom stereocenters. The Labute approximate surface area is 385 Å². The van der Waals surface area contributed by atoms with Gasteiger partial charge in [0.05, 0.1) is 10.8 Å². The fourth-order valence-electron chi connectivity index (χ4n) is 10.9. The predicted molar refractivity (Wildman–Crippen MR) is 270 cm³/mol. The van der Waals surface area contributed by atoms with Crippen LogP contribution in [-0.4, -0.2) is 15.0 Å². The molecule has 1 heterocycles. The Morgan fingerprint density at radius 2 is 0.636 bits per heavy atom. The van der Waals surface area contributed by atoms with Crippen molar-refractivity contribution in [3.05, 3.63) is 294 Å². The van der Waals surface area contributed by atoms with Crippen LogP contribution in [0.15, 0.2) is 261 Å². The summed E-state index contributed by atoms with van der Waals surface area (Å²) in [7, 11) is 0. The molecule has 3 nitrogen and oxygen atoms in total. The summed E-state index contributed by atoms with van der Waals surface area (Å²) in [5.41, 5.74) is 13.4. The Morgan fingerprint density at radius 3 is 1.15 bits per heavy atom. The fourth-order valence-corrected chi connectivity index (χ4v) is 10.9. The van der Waals surface area contributed by atoms with E-state index in [0.717, 1.165) is 38.6 Å². The van der Waals surface area contributed by atoms with Gasteiger partial charge in [-0.3, -0.25) is 0 Å². The minimum atomic E-state index is -0.721. The van der Waals surface area contributed by atoms with Crippen molar-refractivity contribution >= 4 is 10.8 Å². The first-order valence-corrected chi connectivity index (χ1v) is 22.6. The zero-order valence-corrected chi connectivity index (χ0v) is 36.2. The normalized spacial score (nSPS) is 13.4. The van der Waals surface area contributed by atoms with Gasteiger partial charge in [-0.2, -0.15) is 0 Å². The predicted octanol–water partition coefficient (Wildman–Crippen LogP) is 15.0. The van der Waals surface area contributed by atoms with Gasteiger partial charge in [-0.15, -0.1) is 0 Å². The van der Waals surface area contributed by atoms with Gasteiger partial charge in [-0.25, -0.2) is 15.0 Å². The van der Waals surface area contributed by atoms with E-state index < -0.39 is 10.8 Å². The second kappa shape index (κ2) is 16.2. The molecule has 0 saturated heterocycles. The van der Waals surface area contributed by atoms with Crippen LogP contribution in [0.3, 0.4) is 0 Å². The van der Waals surface area contributed by atoms with E-state index in [0.29, 0.717) is 17.5 Å². The Bertz CT molecular complexity index is 3370. The highest BCUT2D eigenvalue weighted by Gasteiger charge is 2.61. The van der Waals surface area contributed by atoms with Crippen LogP contribution < -0.4 is 0 Å². The van der Waals surface area contributed by atoms with E-state index in [1.807, 2.05) is 36.4 Å². The lowest BCUT2D eigenvalue weighted by Crippen LogP contribution is -2.54. The smallest absolute Gasteiger partial charge is 0.164 e. The number of aromatic nitrogens is 3. The lowest BCUT2D eigenvalue weighted by atomic mass is 9.43. The maximum absolute atomic E-state index is 5.22. The molecule has 66 heavy (non-hydrogen) atoms. The Balaban J connectivity index is 1.15. The van der Waals surface area contributed by atoms with Gasteiger partial charge in [0.15, 0.2) is 17.5 Å². The van der Waals surface area contributed by atoms with Crippen LogP contribution in [0.5, 0.6) is 0 Å². The van der Waals surface area contributed by atoms with Crippen LogP contribution in [0.2, 0.25) is 0 Å². The monoisotopic (exact) mass is 841 g/mol. The molecule has 12 rings (SSSR count). The average Bonchev–Trinajstić information content (AvgIpc) is 3.41. The fraction of sp³-hybridized carbons (Fsp3) is 0.0317. The number of rotatable bonds is 8. The maximum atomic E-state index is 5.22. The molecule has 0 bridgehead atoms. The van der Waals surface area contributed by atoms with Gasteiger partial charge in [-0.05, 0) is 84.6 Å². The molecule has 11 aromatic rings. The summed E-state index contributed by atoms with van der Waals surface area (Å²) in [6, 6.07) is 94.5. The van der Waals surface area contributed by atoms with Crippen LogP contribution in [0.4, 0.5) is 0 Å². The lowest BCUT2D eigenvalue weighted by molar-refractivity contribution is 0.415. The quantitative estimate of drug-likeness (QED) is 0.153. The molecule has 0 radical (unpaired) electrons. The van der Waals surface area contributed by atoms with Crippen molar-refractivity contribution in [1.82, 2.24) is 15.0 Å². The Morgan fingerprint density at radius 1 is 0.242 bits per heavy atom. The molecule has 0 atom stereocenters. The number of benzene rings is 10. The summed E-state index contributed by atoms with van der Waals surface area (Å²) in [5, 5.41) is 2.19. The minimum absolute atomic E-state index is 0.631. The minimum Gasteiger partial charge on any atom is -0.208 e. The number of hydrogen-bond donors (Lipinski definition) is 0. The highest BCUT2D eigenvalue weighted by Crippen LogP contribution is 2.65. The van der Waals surface area contributed by atoms with Gasteiger partial charge in [0.1, 0.15) is 0 Å². The summed E-state index contributed by atoms with van der Waals surface area (Å²) in [6.45, 7) is 0. The van der Waals surface area contributed by atoms with Crippen LogP contribution in [0.1, 0.15) is 33.4 Å². The van der Waals surface area contributed by atoms with Gasteiger partial charge in [-0.1, -0.05) is 243 Å². The van der Waals surface area contributed by atoms with E-state index in [1.165, 1.54) is 44.5 Å². The van der Waals surface area contributed by atoms with E-state index in [4.69, 9.17) is 15.0 Å². The van der Waals surface area contributed by atoms with Gasteiger partial charge in [0.2, 0.25) is 0 Å². The van der Waals surface area contributed by atoms with Crippen molar-refractivity contribution in [2.24, 2.45) is 0 Å². The van der Waals surface area contributed by atoms with Crippen molar-refractivity contribution in [1.29, 1.82) is 0 Å². The van der Waals surface area contributed by atoms with Gasteiger partial charge >= 0.3 is 0 Å². The van der Waals surface area contributed by atoms with E-state index in [1.54, 1.807) is 0 Å². The molecule has 0 spiro atoms. The van der Waals surface area contributed by atoms with E-state index in [9.17, 15) is 0 Å². The Kier molecular flexibility index (Phi) is 9.61. The van der Waals surface area contributed by atoms with Crippen molar-refractivity contribution in [3.63, 3.8) is 0 Å². The van der Waals surface area contributed by atoms with E-state index in [-0.39, 0.29) is 0 Å². The molecular formula is C63H43N3. The first kappa shape index (κ1) is 39.1. The summed E-state index contributed by atoms with van der Waals surface area (Å²) in [5.74, 6) is 1.90. The third-order valence-corrected chi connectivity index (χ3v) is 13.6. The molecule has 10 aromatic carbocycles. The van der Waals surface area contributed by atoms with Crippen molar-refractivity contribution in [3.8, 4) is 56.4 Å². The molecular weight excluding hydrogens is 799 g/mol. The molecule has 0 fully saturated rings. The highest BCUT2D eigenvalue weighted by molar-refractivity contribution is 6.00. The topological polar surface area (TPSA) is 38.7 Å². The zero-order valence-electron chi connectivity index (χ0n) is 36.2. The third-order valence-electron chi connectivity index (χ3n) is 13.6. The number of nitrogens with zero attached hydrogens (tertiary/aromatic N) is 3. The van der Waals surface area contributed by atoms with Crippen LogP contribution in [0.25, 0.3) is 67.2 Å². The third kappa shape index (κ3) is 6.16. The molecule has 3 heteroatoms. The first-order chi connectivity index (χ1) is 32.7. The standard InChI is InChI=1S/C63H43N3/c1-7-23-44(24-8-1)59-64-60(45-25-9-2-10-26-45)66-61(65-59)56-43-48(41-47-27-19-20-36-53(47)56)46-39-40-58-55(42-46)54-37-21-22-38-57(54)62(49-28-11-3-12-29-49,50-30-13-4-14-31-50)63(58,51-32-15-5-16-33-51)52-34-17-6-18-35-52/h1-43H. The molecule has 0 saturated carbocycles. The molecule has 0 N–H and O–H groups in total. The van der Waals surface area contributed by atoms with Crippen LogP contribution >= 0.6 is 0 Å². The molecule has 1 aromatic heterocycles. The molecule has 1 aliphatic rings. The van der Waals surface area contributed by atoms with Crippen molar-refractivity contribution in [2.45, 2.75) is 10.8 Å². The van der Waals surface area contributed by atoms with Gasteiger partial charge < -0.3 is 0 Å². The average molecular weight is 842 g/mol. The van der Waals surface area contributed by atoms with Crippen LogP contribution in [-0.2, 0) is 10.8 Å². The summed E-state index contributed by atoms with van der Waals surface area (Å²) in [6.07, 6.45) is 0. The summed E-state index contributed by atoms with van der Waals surface area (Å²) in [4.78, 5) is 15.5. The number of fused-ring (bicyclic) bond motifs is 4. The maximum Gasteiger partial charge on any atom is 0.164 e. The first-order valence-electron chi connectivity index (χ1n) is 22.6. The highest BCUT2D eigenvalue weighted by atomic mass is 15.0. The Hall–Kier alpha value is -8.53. The van der Waals surface area contributed by atoms with E-state index in [2.05, 4.69) is 224 Å². The number of hydrogen-bond acceptors (Lipinski definition) is 3. The lowest BCUT2D eigenvalue weighted by Gasteiger charge is -2.57. The summed E-state index contributed by atoms with van der Waals surface area (Å²) < 4.78 is 0. The molecule has 1 aliphatic carbocycles. The largest absolute Gasteiger partial charge is 0.208 e. The molecule has 0 aliphatic heterocycles. The molecule has 0 amide bonds. The van der Waals surface area contributed by atoms with Crippen molar-refractivity contribution in [2.75, 3.05) is 0 Å². The second-order valence-electron chi connectivity index (χ2n) is 17.1. The van der Waals surface area contributed by atoms with Gasteiger partial charge in [0, 0.05) is 16.7 Å². The van der Waals surface area contributed by atoms with E-state index >= 15 is 0 Å².